The molecular formula is C9H14N6. The minimum absolute atomic E-state index is 0.476. The minimum Gasteiger partial charge on any atom is -0.381 e. The number of anilines is 1. The first-order valence-corrected chi connectivity index (χ1v) is 4.88. The van der Waals surface area contributed by atoms with E-state index >= 15 is 0 Å². The van der Waals surface area contributed by atoms with Gasteiger partial charge in [-0.2, -0.15) is 0 Å². The molecule has 0 amide bonds. The summed E-state index contributed by atoms with van der Waals surface area (Å²) in [6, 6.07) is 0. The standard InChI is InChI=1S/C9H14N6/c1-3-14-5-4-11-8(14)6-15-7(2)9(10)12-13-15/h4-5H,3,6,10H2,1-2H3. The lowest BCUT2D eigenvalue weighted by atomic mass is 10.4. The number of nitrogens with two attached hydrogens (primary N) is 1. The highest BCUT2D eigenvalue weighted by Gasteiger charge is 2.08. The molecule has 0 saturated carbocycles. The smallest absolute Gasteiger partial charge is 0.168 e. The maximum Gasteiger partial charge on any atom is 0.168 e. The van der Waals surface area contributed by atoms with Crippen molar-refractivity contribution in [2.24, 2.45) is 0 Å². The third-order valence-corrected chi connectivity index (χ3v) is 2.45. The van der Waals surface area contributed by atoms with Crippen LogP contribution in [0.4, 0.5) is 5.82 Å². The number of hydrogen-bond donors (Lipinski definition) is 1. The zero-order chi connectivity index (χ0) is 10.8. The third-order valence-electron chi connectivity index (χ3n) is 2.45. The van der Waals surface area contributed by atoms with Crippen LogP contribution in [0.5, 0.6) is 0 Å². The Balaban J connectivity index is 2.25. The molecule has 0 saturated heterocycles. The Kier molecular flexibility index (Phi) is 2.40. The van der Waals surface area contributed by atoms with Gasteiger partial charge in [-0.3, -0.25) is 0 Å². The van der Waals surface area contributed by atoms with Crippen molar-refractivity contribution in [3.63, 3.8) is 0 Å². The van der Waals surface area contributed by atoms with E-state index in [0.29, 0.717) is 12.4 Å². The fourth-order valence-electron chi connectivity index (χ4n) is 1.44. The van der Waals surface area contributed by atoms with E-state index in [1.165, 1.54) is 0 Å². The number of nitrogens with zero attached hydrogens (tertiary/aromatic N) is 5. The first-order chi connectivity index (χ1) is 7.22. The van der Waals surface area contributed by atoms with Crippen molar-refractivity contribution in [2.45, 2.75) is 26.9 Å². The van der Waals surface area contributed by atoms with Crippen molar-refractivity contribution in [3.8, 4) is 0 Å². The number of nitrogen functional groups attached to an aromatic ring is 1. The Labute approximate surface area is 87.7 Å². The van der Waals surface area contributed by atoms with Crippen molar-refractivity contribution in [1.29, 1.82) is 0 Å². The Hall–Kier alpha value is -1.85. The highest BCUT2D eigenvalue weighted by molar-refractivity contribution is 5.31. The molecule has 0 aliphatic heterocycles. The third kappa shape index (κ3) is 1.70. The lowest BCUT2D eigenvalue weighted by Crippen LogP contribution is -2.10. The Bertz CT molecular complexity index is 455. The van der Waals surface area contributed by atoms with E-state index in [9.17, 15) is 0 Å². The second-order valence-corrected chi connectivity index (χ2v) is 3.35. The van der Waals surface area contributed by atoms with Crippen LogP contribution in [0.2, 0.25) is 0 Å². The SMILES string of the molecule is CCn1ccnc1Cn1nnc(N)c1C. The summed E-state index contributed by atoms with van der Waals surface area (Å²) in [6.45, 7) is 5.48. The van der Waals surface area contributed by atoms with Crippen LogP contribution in [-0.4, -0.2) is 24.5 Å². The van der Waals surface area contributed by atoms with E-state index in [1.807, 2.05) is 13.1 Å². The van der Waals surface area contributed by atoms with Crippen LogP contribution in [0.1, 0.15) is 18.4 Å². The van der Waals surface area contributed by atoms with Gasteiger partial charge in [0.1, 0.15) is 12.4 Å². The van der Waals surface area contributed by atoms with Gasteiger partial charge in [-0.15, -0.1) is 5.10 Å². The van der Waals surface area contributed by atoms with Crippen LogP contribution in [0, 0.1) is 6.92 Å². The Morgan fingerprint density at radius 2 is 2.27 bits per heavy atom. The van der Waals surface area contributed by atoms with E-state index in [4.69, 9.17) is 5.73 Å². The summed E-state index contributed by atoms with van der Waals surface area (Å²) in [5.74, 6) is 1.44. The predicted molar refractivity (Wildman–Crippen MR) is 56.2 cm³/mol. The van der Waals surface area contributed by atoms with Crippen molar-refractivity contribution in [3.05, 3.63) is 23.9 Å². The van der Waals surface area contributed by atoms with Crippen LogP contribution >= 0.6 is 0 Å². The minimum atomic E-state index is 0.476. The lowest BCUT2D eigenvalue weighted by molar-refractivity contribution is 0.578. The van der Waals surface area contributed by atoms with Crippen LogP contribution < -0.4 is 5.73 Å². The quantitative estimate of drug-likeness (QED) is 0.790. The molecule has 0 aromatic carbocycles. The van der Waals surface area contributed by atoms with Gasteiger partial charge in [-0.05, 0) is 13.8 Å². The van der Waals surface area contributed by atoms with E-state index in [2.05, 4.69) is 26.8 Å². The first-order valence-electron chi connectivity index (χ1n) is 4.88. The highest BCUT2D eigenvalue weighted by atomic mass is 15.4. The molecule has 15 heavy (non-hydrogen) atoms. The number of aromatic nitrogens is 5. The molecule has 2 aromatic rings. The number of aryl methyl sites for hydroxylation is 1. The van der Waals surface area contributed by atoms with E-state index in [0.717, 1.165) is 18.1 Å². The molecule has 0 unspecified atom stereocenters. The lowest BCUT2D eigenvalue weighted by Gasteiger charge is -2.05. The highest BCUT2D eigenvalue weighted by Crippen LogP contribution is 2.07. The van der Waals surface area contributed by atoms with Crippen LogP contribution in [0.25, 0.3) is 0 Å². The molecule has 6 nitrogen and oxygen atoms in total. The monoisotopic (exact) mass is 206 g/mol. The van der Waals surface area contributed by atoms with Gasteiger partial charge in [0.15, 0.2) is 5.82 Å². The maximum atomic E-state index is 5.62. The predicted octanol–water partition coefficient (Wildman–Crippen LogP) is 0.433. The molecule has 2 aromatic heterocycles. The summed E-state index contributed by atoms with van der Waals surface area (Å²) in [5, 5.41) is 7.76. The zero-order valence-corrected chi connectivity index (χ0v) is 8.88. The fourth-order valence-corrected chi connectivity index (χ4v) is 1.44. The topological polar surface area (TPSA) is 74.5 Å². The summed E-state index contributed by atoms with van der Waals surface area (Å²) in [6.07, 6.45) is 3.74. The van der Waals surface area contributed by atoms with Gasteiger partial charge >= 0.3 is 0 Å². The largest absolute Gasteiger partial charge is 0.381 e. The molecular weight excluding hydrogens is 192 g/mol. The molecule has 6 heteroatoms. The molecule has 0 atom stereocenters. The van der Waals surface area contributed by atoms with Crippen LogP contribution in [0.15, 0.2) is 12.4 Å². The van der Waals surface area contributed by atoms with Gasteiger partial charge in [0.25, 0.3) is 0 Å². The van der Waals surface area contributed by atoms with Gasteiger partial charge in [0.05, 0.1) is 5.69 Å². The molecule has 0 fully saturated rings. The molecule has 0 aliphatic rings. The number of rotatable bonds is 3. The first kappa shape index (κ1) is 9.70. The maximum absolute atomic E-state index is 5.62. The van der Waals surface area contributed by atoms with E-state index < -0.39 is 0 Å². The number of imidazole rings is 1. The van der Waals surface area contributed by atoms with Gasteiger partial charge in [-0.1, -0.05) is 5.21 Å². The summed E-state index contributed by atoms with van der Waals surface area (Å²) < 4.78 is 3.82. The van der Waals surface area contributed by atoms with E-state index in [-0.39, 0.29) is 0 Å². The van der Waals surface area contributed by atoms with Gasteiger partial charge in [0.2, 0.25) is 0 Å². The van der Waals surface area contributed by atoms with Crippen LogP contribution in [0.3, 0.4) is 0 Å². The van der Waals surface area contributed by atoms with Crippen molar-refractivity contribution < 1.29 is 0 Å². The second kappa shape index (κ2) is 3.72. The van der Waals surface area contributed by atoms with Gasteiger partial charge < -0.3 is 10.3 Å². The Morgan fingerprint density at radius 1 is 1.47 bits per heavy atom. The Morgan fingerprint density at radius 3 is 2.87 bits per heavy atom. The molecule has 0 radical (unpaired) electrons. The summed E-state index contributed by atoms with van der Waals surface area (Å²) in [4.78, 5) is 4.27. The van der Waals surface area contributed by atoms with Gasteiger partial charge in [-0.25, -0.2) is 9.67 Å². The molecule has 2 N–H and O–H groups in total. The van der Waals surface area contributed by atoms with Crippen molar-refractivity contribution >= 4 is 5.82 Å². The van der Waals surface area contributed by atoms with Gasteiger partial charge in [0, 0.05) is 18.9 Å². The second-order valence-electron chi connectivity index (χ2n) is 3.35. The molecule has 0 bridgehead atoms. The van der Waals surface area contributed by atoms with Crippen molar-refractivity contribution in [2.75, 3.05) is 5.73 Å². The zero-order valence-electron chi connectivity index (χ0n) is 8.88. The summed E-state index contributed by atoms with van der Waals surface area (Å²) in [5.41, 5.74) is 6.49. The molecule has 2 rings (SSSR count). The van der Waals surface area contributed by atoms with Crippen molar-refractivity contribution in [1.82, 2.24) is 24.5 Å². The molecule has 80 valence electrons. The average Bonchev–Trinajstić information content (AvgIpc) is 2.80. The summed E-state index contributed by atoms with van der Waals surface area (Å²) >= 11 is 0. The van der Waals surface area contributed by atoms with Crippen LogP contribution in [-0.2, 0) is 13.1 Å². The summed E-state index contributed by atoms with van der Waals surface area (Å²) in [7, 11) is 0. The average molecular weight is 206 g/mol. The normalized spacial score (nSPS) is 10.8. The number of hydrogen-bond acceptors (Lipinski definition) is 4. The fraction of sp³-hybridized carbons (Fsp3) is 0.444. The molecule has 0 spiro atoms. The molecule has 2 heterocycles. The molecule has 0 aliphatic carbocycles. The van der Waals surface area contributed by atoms with E-state index in [1.54, 1.807) is 10.9 Å².